The number of likely N-dealkylation sites (N-methyl/N-ethyl adjacent to an activating group) is 1. The van der Waals surface area contributed by atoms with Crippen molar-refractivity contribution in [2.45, 2.75) is 16.8 Å². The summed E-state index contributed by atoms with van der Waals surface area (Å²) in [6, 6.07) is 21.3. The number of amides is 1. The Bertz CT molecular complexity index is 882. The smallest absolute Gasteiger partial charge is 0.253 e. The van der Waals surface area contributed by atoms with Crippen LogP contribution >= 0.6 is 11.8 Å². The molecule has 0 unspecified atom stereocenters. The first-order valence-corrected chi connectivity index (χ1v) is 9.58. The van der Waals surface area contributed by atoms with Gasteiger partial charge in [-0.3, -0.25) is 4.79 Å². The maximum absolute atomic E-state index is 12.6. The van der Waals surface area contributed by atoms with Gasteiger partial charge in [-0.05, 0) is 55.0 Å². The van der Waals surface area contributed by atoms with Gasteiger partial charge < -0.3 is 9.64 Å². The molecule has 5 heteroatoms. The lowest BCUT2D eigenvalue weighted by molar-refractivity contribution is 0.0773. The first-order valence-electron chi connectivity index (χ1n) is 8.76. The van der Waals surface area contributed by atoms with E-state index in [0.29, 0.717) is 18.7 Å². The number of aryl methyl sites for hydroxylation is 1. The second-order valence-corrected chi connectivity index (χ2v) is 7.23. The number of pyridine rings is 1. The lowest BCUT2D eigenvalue weighted by Gasteiger charge is -2.18. The van der Waals surface area contributed by atoms with Gasteiger partial charge in [-0.25, -0.2) is 4.98 Å². The number of carbonyl (C=O) groups is 1. The first-order chi connectivity index (χ1) is 13.1. The van der Waals surface area contributed by atoms with Gasteiger partial charge in [0.2, 0.25) is 0 Å². The summed E-state index contributed by atoms with van der Waals surface area (Å²) in [6.45, 7) is 2.99. The third kappa shape index (κ3) is 5.34. The van der Waals surface area contributed by atoms with Crippen molar-refractivity contribution in [1.29, 1.82) is 0 Å². The predicted molar refractivity (Wildman–Crippen MR) is 108 cm³/mol. The van der Waals surface area contributed by atoms with Gasteiger partial charge in [0, 0.05) is 23.7 Å². The Balaban J connectivity index is 1.53. The van der Waals surface area contributed by atoms with Crippen LogP contribution in [0.2, 0.25) is 0 Å². The van der Waals surface area contributed by atoms with Crippen LogP contribution in [0.5, 0.6) is 5.75 Å². The van der Waals surface area contributed by atoms with Crippen LogP contribution in [0.4, 0.5) is 0 Å². The molecule has 4 nitrogen and oxygen atoms in total. The number of ether oxygens (including phenoxy) is 1. The molecule has 0 saturated carbocycles. The first kappa shape index (κ1) is 19.0. The Morgan fingerprint density at radius 2 is 1.78 bits per heavy atom. The summed E-state index contributed by atoms with van der Waals surface area (Å²) in [7, 11) is 1.79. The second kappa shape index (κ2) is 9.24. The molecule has 0 aliphatic rings. The van der Waals surface area contributed by atoms with Crippen LogP contribution < -0.4 is 4.74 Å². The van der Waals surface area contributed by atoms with Gasteiger partial charge in [0.25, 0.3) is 5.91 Å². The Hall–Kier alpha value is -2.79. The van der Waals surface area contributed by atoms with Crippen molar-refractivity contribution in [3.63, 3.8) is 0 Å². The molecule has 0 atom stereocenters. The van der Waals surface area contributed by atoms with Gasteiger partial charge in [0.15, 0.2) is 0 Å². The molecule has 0 aliphatic heterocycles. The third-order valence-electron chi connectivity index (χ3n) is 4.09. The minimum absolute atomic E-state index is 0.0160. The summed E-state index contributed by atoms with van der Waals surface area (Å²) in [6.07, 6.45) is 1.77. The number of aromatic nitrogens is 1. The molecular formula is C22H22N2O2S. The molecule has 27 heavy (non-hydrogen) atoms. The highest BCUT2D eigenvalue weighted by Crippen LogP contribution is 2.25. The molecule has 0 saturated heterocycles. The van der Waals surface area contributed by atoms with E-state index >= 15 is 0 Å². The highest BCUT2D eigenvalue weighted by atomic mass is 32.2. The Labute approximate surface area is 164 Å². The van der Waals surface area contributed by atoms with Crippen LogP contribution in [-0.2, 0) is 0 Å². The van der Waals surface area contributed by atoms with Gasteiger partial charge in [0.1, 0.15) is 17.4 Å². The van der Waals surface area contributed by atoms with E-state index in [1.165, 1.54) is 0 Å². The predicted octanol–water partition coefficient (Wildman–Crippen LogP) is 4.69. The molecule has 1 heterocycles. The Kier molecular flexibility index (Phi) is 6.49. The van der Waals surface area contributed by atoms with Crippen LogP contribution in [0.3, 0.4) is 0 Å². The SMILES string of the molecule is Cc1ccccc1OCCN(C)C(=O)c1ccc(Sc2ccccn2)cc1. The van der Waals surface area contributed by atoms with E-state index in [-0.39, 0.29) is 5.91 Å². The number of para-hydroxylation sites is 1. The largest absolute Gasteiger partial charge is 0.491 e. The molecule has 0 bridgehead atoms. The average Bonchev–Trinajstić information content (AvgIpc) is 2.70. The minimum atomic E-state index is -0.0160. The van der Waals surface area contributed by atoms with Gasteiger partial charge in [0.05, 0.1) is 6.54 Å². The van der Waals surface area contributed by atoms with Crippen LogP contribution in [0.1, 0.15) is 15.9 Å². The molecule has 2 aromatic carbocycles. The van der Waals surface area contributed by atoms with E-state index in [1.807, 2.05) is 73.7 Å². The van der Waals surface area contributed by atoms with Crippen molar-refractivity contribution in [3.8, 4) is 5.75 Å². The van der Waals surface area contributed by atoms with Crippen molar-refractivity contribution in [2.24, 2.45) is 0 Å². The number of carbonyl (C=O) groups excluding carboxylic acids is 1. The van der Waals surface area contributed by atoms with Crippen LogP contribution in [0.25, 0.3) is 0 Å². The standard InChI is InChI=1S/C22H22N2O2S/c1-17-7-3-4-8-20(17)26-16-15-24(2)22(25)18-10-12-19(13-11-18)27-21-9-5-6-14-23-21/h3-14H,15-16H2,1-2H3. The molecule has 0 aliphatic carbocycles. The van der Waals surface area contributed by atoms with Crippen molar-refractivity contribution >= 4 is 17.7 Å². The second-order valence-electron chi connectivity index (χ2n) is 6.14. The summed E-state index contributed by atoms with van der Waals surface area (Å²) in [5, 5.41) is 0.932. The fourth-order valence-electron chi connectivity index (χ4n) is 2.53. The molecule has 0 fully saturated rings. The number of hydrogen-bond donors (Lipinski definition) is 0. The summed E-state index contributed by atoms with van der Waals surface area (Å²) in [5.74, 6) is 0.840. The van der Waals surface area contributed by atoms with Gasteiger partial charge >= 0.3 is 0 Å². The molecule has 0 N–H and O–H groups in total. The van der Waals surface area contributed by atoms with Gasteiger partial charge in [-0.2, -0.15) is 0 Å². The monoisotopic (exact) mass is 378 g/mol. The maximum Gasteiger partial charge on any atom is 0.253 e. The number of nitrogens with zero attached hydrogens (tertiary/aromatic N) is 2. The topological polar surface area (TPSA) is 42.4 Å². The van der Waals surface area contributed by atoms with E-state index in [2.05, 4.69) is 4.98 Å². The average molecular weight is 378 g/mol. The van der Waals surface area contributed by atoms with E-state index in [1.54, 1.807) is 29.9 Å². The summed E-state index contributed by atoms with van der Waals surface area (Å²) < 4.78 is 5.77. The zero-order chi connectivity index (χ0) is 19.1. The Morgan fingerprint density at radius 1 is 1.04 bits per heavy atom. The van der Waals surface area contributed by atoms with Crippen molar-refractivity contribution in [2.75, 3.05) is 20.2 Å². The van der Waals surface area contributed by atoms with E-state index < -0.39 is 0 Å². The van der Waals surface area contributed by atoms with Crippen molar-refractivity contribution < 1.29 is 9.53 Å². The fourth-order valence-corrected chi connectivity index (χ4v) is 3.30. The molecule has 1 amide bonds. The van der Waals surface area contributed by atoms with Crippen LogP contribution in [0, 0.1) is 6.92 Å². The molecule has 3 rings (SSSR count). The van der Waals surface area contributed by atoms with Gasteiger partial charge in [-0.15, -0.1) is 0 Å². The third-order valence-corrected chi connectivity index (χ3v) is 5.04. The Morgan fingerprint density at radius 3 is 2.48 bits per heavy atom. The summed E-state index contributed by atoms with van der Waals surface area (Å²) in [4.78, 5) is 19.6. The summed E-state index contributed by atoms with van der Waals surface area (Å²) >= 11 is 1.57. The quantitative estimate of drug-likeness (QED) is 0.598. The molecular weight excluding hydrogens is 356 g/mol. The number of rotatable bonds is 7. The molecule has 138 valence electrons. The highest BCUT2D eigenvalue weighted by Gasteiger charge is 2.12. The zero-order valence-corrected chi connectivity index (χ0v) is 16.3. The minimum Gasteiger partial charge on any atom is -0.491 e. The van der Waals surface area contributed by atoms with Crippen molar-refractivity contribution in [1.82, 2.24) is 9.88 Å². The normalized spacial score (nSPS) is 10.4. The van der Waals surface area contributed by atoms with E-state index in [0.717, 1.165) is 21.2 Å². The maximum atomic E-state index is 12.6. The van der Waals surface area contributed by atoms with Gasteiger partial charge in [-0.1, -0.05) is 36.0 Å². The molecule has 1 aromatic heterocycles. The number of benzene rings is 2. The molecule has 0 radical (unpaired) electrons. The molecule has 0 spiro atoms. The zero-order valence-electron chi connectivity index (χ0n) is 15.5. The van der Waals surface area contributed by atoms with E-state index in [9.17, 15) is 4.79 Å². The van der Waals surface area contributed by atoms with Crippen molar-refractivity contribution in [3.05, 3.63) is 84.1 Å². The summed E-state index contributed by atoms with van der Waals surface area (Å²) in [5.41, 5.74) is 1.76. The number of hydrogen-bond acceptors (Lipinski definition) is 4. The highest BCUT2D eigenvalue weighted by molar-refractivity contribution is 7.99. The van der Waals surface area contributed by atoms with Crippen LogP contribution in [-0.4, -0.2) is 36.0 Å². The molecule has 3 aromatic rings. The lowest BCUT2D eigenvalue weighted by atomic mass is 10.2. The van der Waals surface area contributed by atoms with E-state index in [4.69, 9.17) is 4.74 Å². The fraction of sp³-hybridized carbons (Fsp3) is 0.182. The lowest BCUT2D eigenvalue weighted by Crippen LogP contribution is -2.30. The van der Waals surface area contributed by atoms with Crippen LogP contribution in [0.15, 0.2) is 82.8 Å².